The number of hydrogen-bond donors (Lipinski definition) is 1. The number of carbonyl (C=O) groups is 1. The van der Waals surface area contributed by atoms with E-state index in [9.17, 15) is 4.79 Å². The largest absolute Gasteiger partial charge is 0.321 e. The van der Waals surface area contributed by atoms with Crippen molar-refractivity contribution in [1.29, 1.82) is 0 Å². The van der Waals surface area contributed by atoms with Crippen LogP contribution in [-0.2, 0) is 10.2 Å². The standard InChI is InChI=1S/C22H22N2O/c1-22(2,3)18-12-9-16(10-13-18)11-14-20(25)24-19-8-4-6-17-7-5-15-23-21(17)19/h4-15H,1-3H3,(H,24,25)/b14-11+. The van der Waals surface area contributed by atoms with Crippen LogP contribution >= 0.6 is 0 Å². The van der Waals surface area contributed by atoms with Crippen LogP contribution in [0.5, 0.6) is 0 Å². The molecule has 3 nitrogen and oxygen atoms in total. The van der Waals surface area contributed by atoms with Crippen molar-refractivity contribution in [3.63, 3.8) is 0 Å². The summed E-state index contributed by atoms with van der Waals surface area (Å²) in [6.45, 7) is 6.55. The number of pyridine rings is 1. The minimum atomic E-state index is -0.168. The van der Waals surface area contributed by atoms with E-state index in [1.165, 1.54) is 5.56 Å². The summed E-state index contributed by atoms with van der Waals surface area (Å²) in [5.41, 5.74) is 3.91. The number of carbonyl (C=O) groups excluding carboxylic acids is 1. The fourth-order valence-electron chi connectivity index (χ4n) is 2.65. The molecule has 2 aromatic carbocycles. The first-order chi connectivity index (χ1) is 11.9. The molecule has 3 heteroatoms. The molecule has 0 bridgehead atoms. The maximum absolute atomic E-state index is 12.2. The van der Waals surface area contributed by atoms with Crippen molar-refractivity contribution in [2.75, 3.05) is 5.32 Å². The summed E-state index contributed by atoms with van der Waals surface area (Å²) >= 11 is 0. The van der Waals surface area contributed by atoms with E-state index in [-0.39, 0.29) is 11.3 Å². The highest BCUT2D eigenvalue weighted by Crippen LogP contribution is 2.23. The number of fused-ring (bicyclic) bond motifs is 1. The third-order valence-corrected chi connectivity index (χ3v) is 4.09. The van der Waals surface area contributed by atoms with E-state index >= 15 is 0 Å². The molecule has 3 aromatic rings. The summed E-state index contributed by atoms with van der Waals surface area (Å²) in [7, 11) is 0. The number of nitrogens with zero attached hydrogens (tertiary/aromatic N) is 1. The van der Waals surface area contributed by atoms with E-state index < -0.39 is 0 Å². The normalized spacial score (nSPS) is 11.8. The zero-order valence-electron chi connectivity index (χ0n) is 14.8. The minimum absolute atomic E-state index is 0.126. The van der Waals surface area contributed by atoms with Crippen molar-refractivity contribution in [3.05, 3.63) is 78.0 Å². The van der Waals surface area contributed by atoms with Crippen molar-refractivity contribution >= 4 is 28.6 Å². The third-order valence-electron chi connectivity index (χ3n) is 4.09. The van der Waals surface area contributed by atoms with Gasteiger partial charge < -0.3 is 5.32 Å². The monoisotopic (exact) mass is 330 g/mol. The zero-order valence-corrected chi connectivity index (χ0v) is 14.8. The van der Waals surface area contributed by atoms with Gasteiger partial charge in [-0.2, -0.15) is 0 Å². The van der Waals surface area contributed by atoms with Crippen molar-refractivity contribution in [2.24, 2.45) is 0 Å². The van der Waals surface area contributed by atoms with Crippen LogP contribution in [0.15, 0.2) is 66.9 Å². The van der Waals surface area contributed by atoms with Gasteiger partial charge in [0.2, 0.25) is 5.91 Å². The Hall–Kier alpha value is -2.94. The van der Waals surface area contributed by atoms with Gasteiger partial charge in [-0.05, 0) is 34.8 Å². The second-order valence-electron chi connectivity index (χ2n) is 7.08. The Balaban J connectivity index is 1.73. The summed E-state index contributed by atoms with van der Waals surface area (Å²) in [5.74, 6) is -0.168. The van der Waals surface area contributed by atoms with Crippen LogP contribution in [-0.4, -0.2) is 10.9 Å². The predicted molar refractivity (Wildman–Crippen MR) is 105 cm³/mol. The average molecular weight is 330 g/mol. The number of amides is 1. The fraction of sp³-hybridized carbons (Fsp3) is 0.182. The first kappa shape index (κ1) is 16.9. The second-order valence-corrected chi connectivity index (χ2v) is 7.08. The van der Waals surface area contributed by atoms with Gasteiger partial charge in [-0.1, -0.05) is 63.2 Å². The van der Waals surface area contributed by atoms with Gasteiger partial charge in [-0.15, -0.1) is 0 Å². The molecule has 1 N–H and O–H groups in total. The number of para-hydroxylation sites is 1. The molecule has 0 aliphatic carbocycles. The van der Waals surface area contributed by atoms with E-state index in [1.54, 1.807) is 12.3 Å². The molecule has 0 radical (unpaired) electrons. The van der Waals surface area contributed by atoms with Crippen LogP contribution in [0.4, 0.5) is 5.69 Å². The molecular weight excluding hydrogens is 308 g/mol. The Labute approximate surface area is 148 Å². The van der Waals surface area contributed by atoms with E-state index in [4.69, 9.17) is 0 Å². The molecule has 0 saturated heterocycles. The first-order valence-electron chi connectivity index (χ1n) is 8.37. The zero-order chi connectivity index (χ0) is 17.9. The number of nitrogens with one attached hydrogen (secondary N) is 1. The lowest BCUT2D eigenvalue weighted by molar-refractivity contribution is -0.111. The van der Waals surface area contributed by atoms with Gasteiger partial charge in [0.25, 0.3) is 0 Å². The van der Waals surface area contributed by atoms with Gasteiger partial charge in [-0.25, -0.2) is 0 Å². The van der Waals surface area contributed by atoms with Crippen molar-refractivity contribution in [3.8, 4) is 0 Å². The Kier molecular flexibility index (Phi) is 4.66. The van der Waals surface area contributed by atoms with Crippen molar-refractivity contribution in [1.82, 2.24) is 4.98 Å². The van der Waals surface area contributed by atoms with Crippen LogP contribution < -0.4 is 5.32 Å². The molecule has 0 saturated carbocycles. The number of anilines is 1. The number of hydrogen-bond acceptors (Lipinski definition) is 2. The molecule has 0 aliphatic rings. The van der Waals surface area contributed by atoms with E-state index in [1.807, 2.05) is 48.5 Å². The lowest BCUT2D eigenvalue weighted by Gasteiger charge is -2.18. The van der Waals surface area contributed by atoms with Crippen LogP contribution in [0.1, 0.15) is 31.9 Å². The van der Waals surface area contributed by atoms with E-state index in [2.05, 4.69) is 43.2 Å². The highest BCUT2D eigenvalue weighted by atomic mass is 16.1. The number of aromatic nitrogens is 1. The topological polar surface area (TPSA) is 42.0 Å². The van der Waals surface area contributed by atoms with Crippen LogP contribution in [0.3, 0.4) is 0 Å². The Morgan fingerprint density at radius 1 is 1.00 bits per heavy atom. The summed E-state index contributed by atoms with van der Waals surface area (Å²) in [5, 5.41) is 3.90. The SMILES string of the molecule is CC(C)(C)c1ccc(/C=C/C(=O)Nc2cccc3cccnc23)cc1. The predicted octanol–water partition coefficient (Wildman–Crippen LogP) is 5.18. The summed E-state index contributed by atoms with van der Waals surface area (Å²) in [4.78, 5) is 16.6. The van der Waals surface area contributed by atoms with Gasteiger partial charge in [-0.3, -0.25) is 9.78 Å². The molecule has 0 atom stereocenters. The maximum Gasteiger partial charge on any atom is 0.248 e. The summed E-state index contributed by atoms with van der Waals surface area (Å²) in [6, 6.07) is 17.9. The van der Waals surface area contributed by atoms with Crippen LogP contribution in [0, 0.1) is 0 Å². The van der Waals surface area contributed by atoms with Gasteiger partial charge >= 0.3 is 0 Å². The minimum Gasteiger partial charge on any atom is -0.321 e. The van der Waals surface area contributed by atoms with Crippen molar-refractivity contribution < 1.29 is 4.79 Å². The molecule has 3 rings (SSSR count). The third kappa shape index (κ3) is 4.13. The van der Waals surface area contributed by atoms with Crippen molar-refractivity contribution in [2.45, 2.75) is 26.2 Å². The molecule has 0 unspecified atom stereocenters. The van der Waals surface area contributed by atoms with Gasteiger partial charge in [0.1, 0.15) is 0 Å². The van der Waals surface area contributed by atoms with Gasteiger partial charge in [0.05, 0.1) is 11.2 Å². The highest BCUT2D eigenvalue weighted by molar-refractivity contribution is 6.06. The van der Waals surface area contributed by atoms with E-state index in [0.29, 0.717) is 0 Å². The molecule has 126 valence electrons. The molecule has 1 amide bonds. The van der Waals surface area contributed by atoms with Gasteiger partial charge in [0, 0.05) is 17.7 Å². The smallest absolute Gasteiger partial charge is 0.248 e. The van der Waals surface area contributed by atoms with Crippen LogP contribution in [0.25, 0.3) is 17.0 Å². The molecule has 1 heterocycles. The maximum atomic E-state index is 12.2. The van der Waals surface area contributed by atoms with Gasteiger partial charge in [0.15, 0.2) is 0 Å². The molecule has 25 heavy (non-hydrogen) atoms. The Bertz CT molecular complexity index is 913. The summed E-state index contributed by atoms with van der Waals surface area (Å²) in [6.07, 6.45) is 5.10. The Morgan fingerprint density at radius 3 is 2.44 bits per heavy atom. The lowest BCUT2D eigenvalue weighted by atomic mass is 9.87. The quantitative estimate of drug-likeness (QED) is 0.672. The van der Waals surface area contributed by atoms with Crippen LogP contribution in [0.2, 0.25) is 0 Å². The lowest BCUT2D eigenvalue weighted by Crippen LogP contribution is -2.10. The van der Waals surface area contributed by atoms with E-state index in [0.717, 1.165) is 22.2 Å². The molecule has 1 aromatic heterocycles. The highest BCUT2D eigenvalue weighted by Gasteiger charge is 2.12. The summed E-state index contributed by atoms with van der Waals surface area (Å²) < 4.78 is 0. The fourth-order valence-corrected chi connectivity index (χ4v) is 2.65. The Morgan fingerprint density at radius 2 is 1.72 bits per heavy atom. The molecule has 0 spiro atoms. The second kappa shape index (κ2) is 6.89. The molecule has 0 fully saturated rings. The number of benzene rings is 2. The molecule has 0 aliphatic heterocycles. The average Bonchev–Trinajstić information content (AvgIpc) is 2.60. The molecular formula is C22H22N2O. The number of rotatable bonds is 3. The first-order valence-corrected chi connectivity index (χ1v) is 8.37.